The maximum atomic E-state index is 6.35. The van der Waals surface area contributed by atoms with E-state index in [2.05, 4.69) is 53.2 Å². The average molecular weight is 474 g/mol. The van der Waals surface area contributed by atoms with Gasteiger partial charge in [0.05, 0.1) is 29.4 Å². The summed E-state index contributed by atoms with van der Waals surface area (Å²) in [6.07, 6.45) is 0. The van der Waals surface area contributed by atoms with Gasteiger partial charge in [-0.15, -0.1) is 0 Å². The molecule has 2 N–H and O–H groups in total. The van der Waals surface area contributed by atoms with E-state index in [-0.39, 0.29) is 0 Å². The van der Waals surface area contributed by atoms with Gasteiger partial charge >= 0.3 is 0 Å². The van der Waals surface area contributed by atoms with Crippen LogP contribution in [0.1, 0.15) is 16.7 Å². The third-order valence-corrected chi connectivity index (χ3v) is 6.60. The third-order valence-electron chi connectivity index (χ3n) is 6.29. The SMILES string of the molecule is Cc1ccc(Cl)c(OCc2cccc(C)c2-c2ccc3nc(N)c(N4CCOCC4)cc3c2)c1. The molecule has 0 atom stereocenters. The van der Waals surface area contributed by atoms with E-state index in [4.69, 9.17) is 26.8 Å². The van der Waals surface area contributed by atoms with Crippen molar-refractivity contribution < 1.29 is 9.47 Å². The number of hydrogen-bond donors (Lipinski definition) is 1. The van der Waals surface area contributed by atoms with Gasteiger partial charge < -0.3 is 20.1 Å². The fourth-order valence-corrected chi connectivity index (χ4v) is 4.70. The molecule has 5 rings (SSSR count). The Balaban J connectivity index is 1.51. The van der Waals surface area contributed by atoms with Gasteiger partial charge in [-0.05, 0) is 72.0 Å². The molecule has 1 aliphatic rings. The molecule has 174 valence electrons. The molecule has 0 amide bonds. The van der Waals surface area contributed by atoms with Crippen LogP contribution in [-0.4, -0.2) is 31.3 Å². The summed E-state index contributed by atoms with van der Waals surface area (Å²) in [6.45, 7) is 7.63. The zero-order chi connectivity index (χ0) is 23.7. The highest BCUT2D eigenvalue weighted by molar-refractivity contribution is 6.32. The molecule has 0 bridgehead atoms. The number of pyridine rings is 1. The van der Waals surface area contributed by atoms with Gasteiger partial charge in [-0.2, -0.15) is 0 Å². The van der Waals surface area contributed by atoms with E-state index < -0.39 is 0 Å². The molecule has 5 nitrogen and oxygen atoms in total. The molecule has 2 heterocycles. The average Bonchev–Trinajstić information content (AvgIpc) is 2.84. The summed E-state index contributed by atoms with van der Waals surface area (Å²) < 4.78 is 11.6. The normalized spacial score (nSPS) is 13.9. The van der Waals surface area contributed by atoms with Crippen molar-refractivity contribution in [1.29, 1.82) is 0 Å². The van der Waals surface area contributed by atoms with Gasteiger partial charge in [0.25, 0.3) is 0 Å². The Bertz CT molecular complexity index is 1350. The lowest BCUT2D eigenvalue weighted by Crippen LogP contribution is -2.36. The van der Waals surface area contributed by atoms with Crippen molar-refractivity contribution in [3.63, 3.8) is 0 Å². The van der Waals surface area contributed by atoms with E-state index in [9.17, 15) is 0 Å². The smallest absolute Gasteiger partial charge is 0.147 e. The Hall–Kier alpha value is -3.28. The predicted molar refractivity (Wildman–Crippen MR) is 140 cm³/mol. The molecular weight excluding hydrogens is 446 g/mol. The number of rotatable bonds is 5. The van der Waals surface area contributed by atoms with Crippen LogP contribution in [0.4, 0.5) is 11.5 Å². The van der Waals surface area contributed by atoms with E-state index in [0.29, 0.717) is 36.4 Å². The first-order valence-corrected chi connectivity index (χ1v) is 11.9. The van der Waals surface area contributed by atoms with Crippen LogP contribution in [0.25, 0.3) is 22.0 Å². The Labute approximate surface area is 205 Å². The van der Waals surface area contributed by atoms with Crippen molar-refractivity contribution in [2.45, 2.75) is 20.5 Å². The van der Waals surface area contributed by atoms with Crippen LogP contribution in [-0.2, 0) is 11.3 Å². The highest BCUT2D eigenvalue weighted by Gasteiger charge is 2.17. The lowest BCUT2D eigenvalue weighted by Gasteiger charge is -2.29. The number of halogens is 1. The molecule has 1 aromatic heterocycles. The molecule has 0 unspecified atom stereocenters. The Morgan fingerprint density at radius 1 is 1.03 bits per heavy atom. The molecule has 0 aliphatic carbocycles. The molecule has 34 heavy (non-hydrogen) atoms. The van der Waals surface area contributed by atoms with Gasteiger partial charge in [0.2, 0.25) is 0 Å². The quantitative estimate of drug-likeness (QED) is 0.375. The number of anilines is 2. The van der Waals surface area contributed by atoms with E-state index in [1.54, 1.807) is 0 Å². The summed E-state index contributed by atoms with van der Waals surface area (Å²) >= 11 is 6.35. The van der Waals surface area contributed by atoms with Crippen LogP contribution < -0.4 is 15.4 Å². The number of hydrogen-bond acceptors (Lipinski definition) is 5. The lowest BCUT2D eigenvalue weighted by atomic mass is 9.94. The minimum Gasteiger partial charge on any atom is -0.487 e. The Morgan fingerprint density at radius 3 is 2.68 bits per heavy atom. The standard InChI is InChI=1S/C28H28ClN3O2/c1-18-6-8-23(29)26(14-18)34-17-21-5-3-4-19(2)27(21)20-7-9-24-22(15-20)16-25(28(30)31-24)32-10-12-33-13-11-32/h3-9,14-16H,10-13,17H2,1-2H3,(H2,30,31). The number of morpholine rings is 1. The molecular formula is C28H28ClN3O2. The maximum Gasteiger partial charge on any atom is 0.147 e. The minimum absolute atomic E-state index is 0.428. The first-order chi connectivity index (χ1) is 16.5. The zero-order valence-corrected chi connectivity index (χ0v) is 20.2. The number of nitrogens with zero attached hydrogens (tertiary/aromatic N) is 2. The maximum absolute atomic E-state index is 6.35. The Kier molecular flexibility index (Phi) is 6.31. The largest absolute Gasteiger partial charge is 0.487 e. The molecule has 6 heteroatoms. The second kappa shape index (κ2) is 9.53. The van der Waals surface area contributed by atoms with Crippen LogP contribution in [0, 0.1) is 13.8 Å². The molecule has 1 saturated heterocycles. The molecule has 3 aromatic carbocycles. The molecule has 0 spiro atoms. The molecule has 1 fully saturated rings. The van der Waals surface area contributed by atoms with E-state index in [1.165, 1.54) is 5.56 Å². The summed E-state index contributed by atoms with van der Waals surface area (Å²) in [5.74, 6) is 1.25. The first kappa shape index (κ1) is 22.5. The summed E-state index contributed by atoms with van der Waals surface area (Å²) in [7, 11) is 0. The van der Waals surface area contributed by atoms with Crippen LogP contribution in [0.2, 0.25) is 5.02 Å². The fraction of sp³-hybridized carbons (Fsp3) is 0.250. The van der Waals surface area contributed by atoms with Gasteiger partial charge in [0.15, 0.2) is 0 Å². The monoisotopic (exact) mass is 473 g/mol. The molecule has 1 aliphatic heterocycles. The van der Waals surface area contributed by atoms with Gasteiger partial charge in [-0.25, -0.2) is 4.98 Å². The van der Waals surface area contributed by atoms with Crippen molar-refractivity contribution in [3.8, 4) is 16.9 Å². The number of fused-ring (bicyclic) bond motifs is 1. The minimum atomic E-state index is 0.428. The number of nitrogens with two attached hydrogens (primary N) is 1. The van der Waals surface area contributed by atoms with Crippen molar-refractivity contribution in [3.05, 3.63) is 82.4 Å². The Morgan fingerprint density at radius 2 is 1.85 bits per heavy atom. The summed E-state index contributed by atoms with van der Waals surface area (Å²) in [5, 5.41) is 1.68. The topological polar surface area (TPSA) is 60.6 Å². The van der Waals surface area contributed by atoms with Crippen LogP contribution in [0.15, 0.2) is 60.7 Å². The van der Waals surface area contributed by atoms with E-state index in [0.717, 1.165) is 51.9 Å². The predicted octanol–water partition coefficient (Wildman–Crippen LogP) is 6.17. The number of ether oxygens (including phenoxy) is 2. The second-order valence-electron chi connectivity index (χ2n) is 8.73. The highest BCUT2D eigenvalue weighted by atomic mass is 35.5. The van der Waals surface area contributed by atoms with E-state index >= 15 is 0 Å². The van der Waals surface area contributed by atoms with Gasteiger partial charge in [-0.3, -0.25) is 0 Å². The number of nitrogen functional groups attached to an aromatic ring is 1. The summed E-state index contributed by atoms with van der Waals surface area (Å²) in [5.41, 5.74) is 13.9. The van der Waals surface area contributed by atoms with E-state index in [1.807, 2.05) is 31.2 Å². The van der Waals surface area contributed by atoms with Gasteiger partial charge in [0.1, 0.15) is 18.2 Å². The highest BCUT2D eigenvalue weighted by Crippen LogP contribution is 2.34. The van der Waals surface area contributed by atoms with Crippen LogP contribution in [0.5, 0.6) is 5.75 Å². The first-order valence-electron chi connectivity index (χ1n) is 11.5. The third kappa shape index (κ3) is 4.54. The summed E-state index contributed by atoms with van der Waals surface area (Å²) in [4.78, 5) is 6.93. The number of benzene rings is 3. The van der Waals surface area contributed by atoms with Crippen molar-refractivity contribution in [1.82, 2.24) is 4.98 Å². The van der Waals surface area contributed by atoms with Crippen LogP contribution >= 0.6 is 11.6 Å². The number of aryl methyl sites for hydroxylation is 2. The molecule has 0 saturated carbocycles. The fourth-order valence-electron chi connectivity index (χ4n) is 4.53. The molecule has 0 radical (unpaired) electrons. The van der Waals surface area contributed by atoms with Gasteiger partial charge in [0, 0.05) is 18.5 Å². The number of aromatic nitrogens is 1. The molecule has 4 aromatic rings. The lowest BCUT2D eigenvalue weighted by molar-refractivity contribution is 0.123. The van der Waals surface area contributed by atoms with Crippen molar-refractivity contribution in [2.75, 3.05) is 36.9 Å². The second-order valence-corrected chi connectivity index (χ2v) is 9.14. The van der Waals surface area contributed by atoms with Crippen LogP contribution in [0.3, 0.4) is 0 Å². The van der Waals surface area contributed by atoms with Crippen molar-refractivity contribution in [2.24, 2.45) is 0 Å². The van der Waals surface area contributed by atoms with Crippen molar-refractivity contribution >= 4 is 34.0 Å². The van der Waals surface area contributed by atoms with Gasteiger partial charge in [-0.1, -0.05) is 41.9 Å². The zero-order valence-electron chi connectivity index (χ0n) is 19.5. The summed E-state index contributed by atoms with van der Waals surface area (Å²) in [6, 6.07) is 20.6.